The number of para-hydroxylation sites is 2. The number of nitrogens with zero attached hydrogens (tertiary/aromatic N) is 2. The van der Waals surface area contributed by atoms with Gasteiger partial charge in [-0.1, -0.05) is 35.9 Å². The van der Waals surface area contributed by atoms with E-state index in [-0.39, 0.29) is 16.4 Å². The van der Waals surface area contributed by atoms with Crippen molar-refractivity contribution < 1.29 is 14.3 Å². The van der Waals surface area contributed by atoms with Crippen LogP contribution in [0.3, 0.4) is 0 Å². The first kappa shape index (κ1) is 20.6. The number of nitrogens with one attached hydrogen (secondary N) is 1. The second kappa shape index (κ2) is 8.24. The zero-order chi connectivity index (χ0) is 21.4. The molecule has 2 heterocycles. The zero-order valence-corrected chi connectivity index (χ0v) is 18.7. The first-order chi connectivity index (χ1) is 14.5. The van der Waals surface area contributed by atoms with Crippen LogP contribution in [0, 0.1) is 6.92 Å². The van der Waals surface area contributed by atoms with E-state index in [0.717, 1.165) is 16.8 Å². The van der Waals surface area contributed by atoms with Gasteiger partial charge in [0.2, 0.25) is 5.91 Å². The monoisotopic (exact) mass is 443 g/mol. The van der Waals surface area contributed by atoms with Crippen LogP contribution in [-0.2, 0) is 4.79 Å². The fourth-order valence-corrected chi connectivity index (χ4v) is 5.23. The number of rotatable bonds is 4. The SMILES string of the molecule is COc1cccc([C@@H]2S[C@H](C)C(=O)Nc3c2c(C)nn3-c2ccccc2Cl)c1OC. The Morgan fingerprint density at radius 2 is 1.90 bits per heavy atom. The largest absolute Gasteiger partial charge is 0.493 e. The summed E-state index contributed by atoms with van der Waals surface area (Å²) in [6.07, 6.45) is 0. The van der Waals surface area contributed by atoms with Crippen LogP contribution in [0.25, 0.3) is 5.69 Å². The number of thioether (sulfide) groups is 1. The van der Waals surface area contributed by atoms with E-state index >= 15 is 0 Å². The summed E-state index contributed by atoms with van der Waals surface area (Å²) in [5.41, 5.74) is 3.36. The Bertz CT molecular complexity index is 1120. The molecule has 0 spiro atoms. The second-order valence-corrected chi connectivity index (χ2v) is 8.80. The standard InChI is InChI=1S/C22H22ClN3O3S/c1-12-18-20(14-8-7-11-17(28-3)19(14)29-4)30-13(2)22(27)24-21(18)26(25-12)16-10-6-5-9-15(16)23/h5-11,13,20H,1-4H3,(H,24,27)/t13-,20+/m1/s1. The number of fused-ring (bicyclic) bond motifs is 1. The van der Waals surface area contributed by atoms with Gasteiger partial charge in [-0.15, -0.1) is 11.8 Å². The molecule has 3 aromatic rings. The molecule has 1 aliphatic heterocycles. The minimum absolute atomic E-state index is 0.0844. The fraction of sp³-hybridized carbons (Fsp3) is 0.273. The first-order valence-corrected chi connectivity index (χ1v) is 10.8. The van der Waals surface area contributed by atoms with Gasteiger partial charge in [-0.2, -0.15) is 5.10 Å². The van der Waals surface area contributed by atoms with Crippen molar-refractivity contribution in [2.45, 2.75) is 24.3 Å². The van der Waals surface area contributed by atoms with E-state index in [0.29, 0.717) is 28.0 Å². The predicted octanol–water partition coefficient (Wildman–Crippen LogP) is 5.01. The molecule has 0 aliphatic carbocycles. The molecule has 6 nitrogen and oxygen atoms in total. The molecule has 0 saturated carbocycles. The van der Waals surface area contributed by atoms with Crippen molar-refractivity contribution in [3.8, 4) is 17.2 Å². The Morgan fingerprint density at radius 3 is 2.60 bits per heavy atom. The number of halogens is 1. The molecule has 30 heavy (non-hydrogen) atoms. The van der Waals surface area contributed by atoms with E-state index in [4.69, 9.17) is 26.2 Å². The van der Waals surface area contributed by atoms with Gasteiger partial charge in [0.1, 0.15) is 5.82 Å². The summed E-state index contributed by atoms with van der Waals surface area (Å²) in [4.78, 5) is 12.8. The quantitative estimate of drug-likeness (QED) is 0.613. The van der Waals surface area contributed by atoms with Gasteiger partial charge in [-0.25, -0.2) is 4.68 Å². The van der Waals surface area contributed by atoms with E-state index in [1.807, 2.05) is 50.2 Å². The van der Waals surface area contributed by atoms with Crippen LogP contribution >= 0.6 is 23.4 Å². The molecule has 0 fully saturated rings. The van der Waals surface area contributed by atoms with Crippen LogP contribution in [0.2, 0.25) is 5.02 Å². The number of hydrogen-bond donors (Lipinski definition) is 1. The third-order valence-corrected chi connectivity index (χ3v) is 6.82. The topological polar surface area (TPSA) is 65.4 Å². The molecule has 4 rings (SSSR count). The van der Waals surface area contributed by atoms with E-state index < -0.39 is 0 Å². The lowest BCUT2D eigenvalue weighted by molar-refractivity contribution is -0.115. The molecule has 1 N–H and O–H groups in total. The molecule has 1 amide bonds. The van der Waals surface area contributed by atoms with Gasteiger partial charge in [0, 0.05) is 11.1 Å². The van der Waals surface area contributed by atoms with E-state index in [1.165, 1.54) is 0 Å². The van der Waals surface area contributed by atoms with Gasteiger partial charge >= 0.3 is 0 Å². The van der Waals surface area contributed by atoms with Crippen LogP contribution < -0.4 is 14.8 Å². The van der Waals surface area contributed by atoms with E-state index in [2.05, 4.69) is 5.32 Å². The van der Waals surface area contributed by atoms with Crippen LogP contribution in [0.4, 0.5) is 5.82 Å². The molecule has 1 aromatic heterocycles. The number of carbonyl (C=O) groups excluding carboxylic acids is 1. The zero-order valence-electron chi connectivity index (χ0n) is 17.1. The Kier molecular flexibility index (Phi) is 5.66. The molecule has 0 radical (unpaired) electrons. The highest BCUT2D eigenvalue weighted by molar-refractivity contribution is 8.01. The molecule has 8 heteroatoms. The van der Waals surface area contributed by atoms with Crippen LogP contribution in [-0.4, -0.2) is 35.2 Å². The van der Waals surface area contributed by atoms with Crippen LogP contribution in [0.1, 0.15) is 29.0 Å². The molecule has 2 atom stereocenters. The molecular formula is C22H22ClN3O3S. The fourth-order valence-electron chi connectivity index (χ4n) is 3.67. The maximum atomic E-state index is 12.8. The number of benzene rings is 2. The van der Waals surface area contributed by atoms with Crippen molar-refractivity contribution in [2.75, 3.05) is 19.5 Å². The number of hydrogen-bond acceptors (Lipinski definition) is 5. The normalized spacial score (nSPS) is 18.4. The van der Waals surface area contributed by atoms with Crippen molar-refractivity contribution in [1.82, 2.24) is 9.78 Å². The smallest absolute Gasteiger partial charge is 0.238 e. The predicted molar refractivity (Wildman–Crippen MR) is 120 cm³/mol. The maximum absolute atomic E-state index is 12.8. The third-order valence-electron chi connectivity index (χ3n) is 5.12. The van der Waals surface area contributed by atoms with Gasteiger partial charge in [0.05, 0.1) is 41.1 Å². The van der Waals surface area contributed by atoms with Crippen LogP contribution in [0.15, 0.2) is 42.5 Å². The molecule has 2 aromatic carbocycles. The summed E-state index contributed by atoms with van der Waals surface area (Å²) in [7, 11) is 3.23. The summed E-state index contributed by atoms with van der Waals surface area (Å²) in [6, 6.07) is 13.2. The number of aryl methyl sites for hydroxylation is 1. The summed E-state index contributed by atoms with van der Waals surface area (Å²) >= 11 is 7.99. The Labute approximate surface area is 184 Å². The lowest BCUT2D eigenvalue weighted by atomic mass is 10.0. The average Bonchev–Trinajstić information content (AvgIpc) is 2.99. The number of anilines is 1. The van der Waals surface area contributed by atoms with Crippen molar-refractivity contribution >= 4 is 35.1 Å². The molecule has 0 saturated heterocycles. The van der Waals surface area contributed by atoms with E-state index in [9.17, 15) is 4.79 Å². The lowest BCUT2D eigenvalue weighted by Crippen LogP contribution is -2.22. The number of amides is 1. The summed E-state index contributed by atoms with van der Waals surface area (Å²) in [6.45, 7) is 3.84. The van der Waals surface area contributed by atoms with Gasteiger partial charge in [-0.05, 0) is 32.0 Å². The number of ether oxygens (including phenoxy) is 2. The molecular weight excluding hydrogens is 422 g/mol. The second-order valence-electron chi connectivity index (χ2n) is 6.94. The number of carbonyl (C=O) groups is 1. The highest BCUT2D eigenvalue weighted by Crippen LogP contribution is 2.50. The minimum atomic E-state index is -0.280. The van der Waals surface area contributed by atoms with Gasteiger partial charge < -0.3 is 14.8 Å². The minimum Gasteiger partial charge on any atom is -0.493 e. The molecule has 1 aliphatic rings. The van der Waals surface area contributed by atoms with Crippen LogP contribution in [0.5, 0.6) is 11.5 Å². The Hall–Kier alpha value is -2.64. The Morgan fingerprint density at radius 1 is 1.13 bits per heavy atom. The maximum Gasteiger partial charge on any atom is 0.238 e. The number of methoxy groups -OCH3 is 2. The van der Waals surface area contributed by atoms with Crippen molar-refractivity contribution in [2.24, 2.45) is 0 Å². The van der Waals surface area contributed by atoms with Gasteiger partial charge in [0.15, 0.2) is 11.5 Å². The summed E-state index contributed by atoms with van der Waals surface area (Å²) in [5.74, 6) is 1.83. The van der Waals surface area contributed by atoms with Gasteiger partial charge in [-0.3, -0.25) is 4.79 Å². The summed E-state index contributed by atoms with van der Waals surface area (Å²) < 4.78 is 12.9. The third kappa shape index (κ3) is 3.42. The average molecular weight is 444 g/mol. The first-order valence-electron chi connectivity index (χ1n) is 9.47. The van der Waals surface area contributed by atoms with E-state index in [1.54, 1.807) is 36.7 Å². The number of aromatic nitrogens is 2. The van der Waals surface area contributed by atoms with Crippen molar-refractivity contribution in [1.29, 1.82) is 0 Å². The highest BCUT2D eigenvalue weighted by Gasteiger charge is 2.36. The lowest BCUT2D eigenvalue weighted by Gasteiger charge is -2.21. The van der Waals surface area contributed by atoms with Crippen molar-refractivity contribution in [3.63, 3.8) is 0 Å². The van der Waals surface area contributed by atoms with Crippen molar-refractivity contribution in [3.05, 3.63) is 64.3 Å². The van der Waals surface area contributed by atoms with Gasteiger partial charge in [0.25, 0.3) is 0 Å². The Balaban J connectivity index is 1.97. The molecule has 0 bridgehead atoms. The highest BCUT2D eigenvalue weighted by atomic mass is 35.5. The molecule has 156 valence electrons. The molecule has 0 unspecified atom stereocenters. The summed E-state index contributed by atoms with van der Waals surface area (Å²) in [5, 5.41) is 7.88.